The Balaban J connectivity index is 1.61. The van der Waals surface area contributed by atoms with Crippen LogP contribution in [0.25, 0.3) is 0 Å². The molecule has 0 radical (unpaired) electrons. The third-order valence-corrected chi connectivity index (χ3v) is 6.28. The van der Waals surface area contributed by atoms with Gasteiger partial charge in [0.05, 0.1) is 13.2 Å². The number of piperidine rings is 1. The zero-order valence-corrected chi connectivity index (χ0v) is 19.0. The molecule has 4 rings (SSSR count). The molecule has 2 unspecified atom stereocenters. The molecule has 3 aromatic rings. The monoisotopic (exact) mass is 485 g/mol. The number of benzene rings is 3. The largest absolute Gasteiger partial charge is 0.369 e. The van der Waals surface area contributed by atoms with Crippen LogP contribution in [0.2, 0.25) is 5.02 Å². The van der Waals surface area contributed by atoms with Crippen LogP contribution < -0.4 is 5.32 Å². The van der Waals surface area contributed by atoms with E-state index >= 15 is 0 Å². The van der Waals surface area contributed by atoms with Gasteiger partial charge in [0.15, 0.2) is 0 Å². The van der Waals surface area contributed by atoms with Gasteiger partial charge in [0.25, 0.3) is 0 Å². The van der Waals surface area contributed by atoms with E-state index < -0.39 is 5.60 Å². The molecule has 1 saturated heterocycles. The van der Waals surface area contributed by atoms with Gasteiger partial charge < -0.3 is 14.8 Å². The van der Waals surface area contributed by atoms with Crippen molar-refractivity contribution in [1.29, 1.82) is 0 Å². The highest BCUT2D eigenvalue weighted by Gasteiger charge is 2.44. The summed E-state index contributed by atoms with van der Waals surface area (Å²) in [6, 6.07) is 26.5. The molecule has 0 amide bonds. The Morgan fingerprint density at radius 3 is 2.47 bits per heavy atom. The number of halogens is 2. The van der Waals surface area contributed by atoms with Crippen molar-refractivity contribution in [1.82, 2.24) is 5.32 Å². The highest BCUT2D eigenvalue weighted by atomic mass is 79.9. The van der Waals surface area contributed by atoms with Gasteiger partial charge in [-0.15, -0.1) is 0 Å². The van der Waals surface area contributed by atoms with Crippen molar-refractivity contribution in [2.75, 3.05) is 13.1 Å². The van der Waals surface area contributed by atoms with Gasteiger partial charge in [-0.3, -0.25) is 0 Å². The molecular weight excluding hydrogens is 462 g/mol. The van der Waals surface area contributed by atoms with Crippen LogP contribution >= 0.6 is 27.5 Å². The van der Waals surface area contributed by atoms with Crippen LogP contribution in [-0.4, -0.2) is 19.2 Å². The third-order valence-electron chi connectivity index (χ3n) is 5.54. The maximum Gasteiger partial charge on any atom is 0.122 e. The van der Waals surface area contributed by atoms with Crippen LogP contribution in [0.1, 0.15) is 23.1 Å². The highest BCUT2D eigenvalue weighted by molar-refractivity contribution is 9.10. The summed E-state index contributed by atoms with van der Waals surface area (Å²) in [7, 11) is 0. The lowest BCUT2D eigenvalue weighted by Gasteiger charge is -2.44. The average Bonchev–Trinajstić information content (AvgIpc) is 2.78. The third kappa shape index (κ3) is 5.13. The molecule has 1 fully saturated rings. The molecule has 3 nitrogen and oxygen atoms in total. The fraction of sp³-hybridized carbons (Fsp3) is 0.280. The molecule has 0 saturated carbocycles. The van der Waals surface area contributed by atoms with Crippen LogP contribution in [0.5, 0.6) is 0 Å². The van der Waals surface area contributed by atoms with Gasteiger partial charge >= 0.3 is 0 Å². The number of hydrogen-bond acceptors (Lipinski definition) is 3. The first-order valence-electron chi connectivity index (χ1n) is 10.2. The van der Waals surface area contributed by atoms with Crippen LogP contribution in [0, 0.1) is 0 Å². The molecule has 0 aliphatic carbocycles. The number of ether oxygens (including phenoxy) is 2. The molecule has 0 bridgehead atoms. The molecule has 5 heteroatoms. The van der Waals surface area contributed by atoms with E-state index in [-0.39, 0.29) is 6.10 Å². The maximum absolute atomic E-state index is 6.69. The molecular formula is C25H25BrClNO2. The first kappa shape index (κ1) is 21.5. The van der Waals surface area contributed by atoms with Gasteiger partial charge in [-0.25, -0.2) is 0 Å². The quantitative estimate of drug-likeness (QED) is 0.438. The van der Waals surface area contributed by atoms with Gasteiger partial charge in [-0.1, -0.05) is 82.1 Å². The minimum atomic E-state index is -0.544. The Bertz CT molecular complexity index is 951. The second-order valence-electron chi connectivity index (χ2n) is 7.55. The van der Waals surface area contributed by atoms with Crippen LogP contribution in [-0.2, 0) is 28.3 Å². The van der Waals surface area contributed by atoms with Crippen molar-refractivity contribution < 1.29 is 9.47 Å². The molecule has 1 aliphatic rings. The summed E-state index contributed by atoms with van der Waals surface area (Å²) in [5.41, 5.74) is 2.83. The fourth-order valence-electron chi connectivity index (χ4n) is 3.95. The normalized spacial score (nSPS) is 21.5. The Morgan fingerprint density at radius 2 is 1.70 bits per heavy atom. The molecule has 0 spiro atoms. The van der Waals surface area contributed by atoms with E-state index in [2.05, 4.69) is 57.6 Å². The fourth-order valence-corrected chi connectivity index (χ4v) is 4.52. The Hall–Kier alpha value is -1.69. The second-order valence-corrected chi connectivity index (χ2v) is 8.91. The molecule has 3 aromatic carbocycles. The Morgan fingerprint density at radius 1 is 0.933 bits per heavy atom. The lowest BCUT2D eigenvalue weighted by molar-refractivity contribution is -0.176. The predicted octanol–water partition coefficient (Wildman–Crippen LogP) is 6.09. The molecule has 1 heterocycles. The summed E-state index contributed by atoms with van der Waals surface area (Å²) < 4.78 is 14.2. The van der Waals surface area contributed by atoms with E-state index in [1.165, 1.54) is 0 Å². The topological polar surface area (TPSA) is 30.5 Å². The summed E-state index contributed by atoms with van der Waals surface area (Å²) in [5, 5.41) is 4.20. The molecule has 1 N–H and O–H groups in total. The summed E-state index contributed by atoms with van der Waals surface area (Å²) >= 11 is 9.71. The standard InChI is InChI=1S/C25H25BrClNO2/c26-22-8-4-7-20(15-22)17-29-24-16-28-14-13-25(24,21-9-11-23(27)12-10-21)30-18-19-5-2-1-3-6-19/h1-12,15,24,28H,13-14,16-18H2. The van der Waals surface area contributed by atoms with Gasteiger partial charge in [0.1, 0.15) is 11.7 Å². The number of nitrogens with one attached hydrogen (secondary N) is 1. The SMILES string of the molecule is Clc1ccc(C2(OCc3ccccc3)CCNCC2OCc2cccc(Br)c2)cc1. The lowest BCUT2D eigenvalue weighted by Crippen LogP contribution is -2.54. The predicted molar refractivity (Wildman–Crippen MR) is 125 cm³/mol. The smallest absolute Gasteiger partial charge is 0.122 e. The van der Waals surface area contributed by atoms with Crippen LogP contribution in [0.4, 0.5) is 0 Å². The van der Waals surface area contributed by atoms with E-state index in [4.69, 9.17) is 21.1 Å². The Labute approximate surface area is 191 Å². The maximum atomic E-state index is 6.69. The molecule has 1 aliphatic heterocycles. The summed E-state index contributed by atoms with van der Waals surface area (Å²) in [4.78, 5) is 0. The van der Waals surface area contributed by atoms with E-state index in [1.54, 1.807) is 0 Å². The zero-order valence-electron chi connectivity index (χ0n) is 16.7. The van der Waals surface area contributed by atoms with Crippen LogP contribution in [0.15, 0.2) is 83.3 Å². The van der Waals surface area contributed by atoms with E-state index in [1.807, 2.05) is 42.5 Å². The van der Waals surface area contributed by atoms with Crippen molar-refractivity contribution in [2.24, 2.45) is 0 Å². The molecule has 30 heavy (non-hydrogen) atoms. The van der Waals surface area contributed by atoms with Crippen LogP contribution in [0.3, 0.4) is 0 Å². The van der Waals surface area contributed by atoms with Gasteiger partial charge in [-0.05, 0) is 53.9 Å². The van der Waals surface area contributed by atoms with Crippen molar-refractivity contribution in [3.63, 3.8) is 0 Å². The number of rotatable bonds is 7. The summed E-state index contributed by atoms with van der Waals surface area (Å²) in [6.45, 7) is 2.65. The summed E-state index contributed by atoms with van der Waals surface area (Å²) in [6.07, 6.45) is 0.695. The minimum absolute atomic E-state index is 0.130. The van der Waals surface area contributed by atoms with Gasteiger partial charge in [0, 0.05) is 16.0 Å². The van der Waals surface area contributed by atoms with E-state index in [0.717, 1.165) is 45.7 Å². The molecule has 156 valence electrons. The zero-order chi connectivity index (χ0) is 20.8. The second kappa shape index (κ2) is 10.1. The highest BCUT2D eigenvalue weighted by Crippen LogP contribution is 2.38. The minimum Gasteiger partial charge on any atom is -0.369 e. The average molecular weight is 487 g/mol. The molecule has 0 aromatic heterocycles. The van der Waals surface area contributed by atoms with Gasteiger partial charge in [0.2, 0.25) is 0 Å². The number of hydrogen-bond donors (Lipinski definition) is 1. The summed E-state index contributed by atoms with van der Waals surface area (Å²) in [5.74, 6) is 0. The lowest BCUT2D eigenvalue weighted by atomic mass is 9.82. The Kier molecular flexibility index (Phi) is 7.24. The van der Waals surface area contributed by atoms with Crippen molar-refractivity contribution in [2.45, 2.75) is 31.3 Å². The first-order chi connectivity index (χ1) is 14.7. The van der Waals surface area contributed by atoms with Crippen molar-refractivity contribution >= 4 is 27.5 Å². The van der Waals surface area contributed by atoms with Gasteiger partial charge in [-0.2, -0.15) is 0 Å². The molecule has 2 atom stereocenters. The van der Waals surface area contributed by atoms with E-state index in [0.29, 0.717) is 13.2 Å². The van der Waals surface area contributed by atoms with Crippen molar-refractivity contribution in [3.05, 3.63) is 105 Å². The first-order valence-corrected chi connectivity index (χ1v) is 11.3. The van der Waals surface area contributed by atoms with E-state index in [9.17, 15) is 0 Å². The van der Waals surface area contributed by atoms with Crippen molar-refractivity contribution in [3.8, 4) is 0 Å².